The summed E-state index contributed by atoms with van der Waals surface area (Å²) in [4.78, 5) is 19.5. The van der Waals surface area contributed by atoms with Gasteiger partial charge in [-0.1, -0.05) is 176 Å². The van der Waals surface area contributed by atoms with E-state index in [2.05, 4.69) is 187 Å². The molecule has 0 amide bonds. The zero-order valence-electron chi connectivity index (χ0n) is 30.4. The summed E-state index contributed by atoms with van der Waals surface area (Å²) in [6.45, 7) is 0. The monoisotopic (exact) mass is 714 g/mol. The van der Waals surface area contributed by atoms with Crippen molar-refractivity contribution in [1.82, 2.24) is 19.9 Å². The van der Waals surface area contributed by atoms with Crippen molar-refractivity contribution in [1.29, 1.82) is 0 Å². The molecule has 4 heteroatoms. The Hall–Kier alpha value is -7.56. The second kappa shape index (κ2) is 14.3. The van der Waals surface area contributed by atoms with Crippen LogP contribution >= 0.6 is 0 Å². The lowest BCUT2D eigenvalue weighted by atomic mass is 9.96. The normalized spacial score (nSPS) is 11.2. The maximum Gasteiger partial charge on any atom is 0.164 e. The quantitative estimate of drug-likeness (QED) is 0.154. The number of hydrogen-bond acceptors (Lipinski definition) is 4. The van der Waals surface area contributed by atoms with Crippen molar-refractivity contribution < 1.29 is 0 Å². The Balaban J connectivity index is 0.995. The molecule has 0 saturated carbocycles. The van der Waals surface area contributed by atoms with Gasteiger partial charge < -0.3 is 0 Å². The largest absolute Gasteiger partial charge is 0.264 e. The number of aromatic nitrogens is 4. The van der Waals surface area contributed by atoms with Gasteiger partial charge in [0.05, 0.1) is 0 Å². The fraction of sp³-hybridized carbons (Fsp3) is 0. The highest BCUT2D eigenvalue weighted by Gasteiger charge is 2.14. The van der Waals surface area contributed by atoms with Gasteiger partial charge in [-0.25, -0.2) is 15.0 Å². The number of fused-ring (bicyclic) bond motifs is 3. The van der Waals surface area contributed by atoms with E-state index in [0.717, 1.165) is 38.9 Å². The lowest BCUT2D eigenvalue weighted by Crippen LogP contribution is -2.00. The predicted molar refractivity (Wildman–Crippen MR) is 231 cm³/mol. The minimum absolute atomic E-state index is 0.627. The molecule has 0 aliphatic carbocycles. The SMILES string of the molecule is c1ccc(-c2ccc(-c3nc(-c4ccc(-c5ccccc5)cc4)nc(-c4cccc(-c5ccc(-c6ccc7c(ccc8ccncc87)c6)cc5)c4)n3)cc2)cc1. The Morgan fingerprint density at radius 2 is 0.661 bits per heavy atom. The van der Waals surface area contributed by atoms with Gasteiger partial charge in [-0.2, -0.15) is 0 Å². The predicted octanol–water partition coefficient (Wildman–Crippen LogP) is 13.2. The molecular formula is C52H34N4. The fourth-order valence-corrected chi connectivity index (χ4v) is 7.42. The van der Waals surface area contributed by atoms with Gasteiger partial charge >= 0.3 is 0 Å². The fourth-order valence-electron chi connectivity index (χ4n) is 7.42. The van der Waals surface area contributed by atoms with Crippen LogP contribution in [0.1, 0.15) is 0 Å². The summed E-state index contributed by atoms with van der Waals surface area (Å²) >= 11 is 0. The number of hydrogen-bond donors (Lipinski definition) is 0. The minimum Gasteiger partial charge on any atom is -0.264 e. The first-order chi connectivity index (χ1) is 27.7. The highest BCUT2D eigenvalue weighted by Crippen LogP contribution is 2.33. The molecule has 0 fully saturated rings. The van der Waals surface area contributed by atoms with Crippen LogP contribution in [-0.4, -0.2) is 19.9 Å². The molecule has 2 aromatic heterocycles. The van der Waals surface area contributed by atoms with Gasteiger partial charge in [0.15, 0.2) is 17.5 Å². The van der Waals surface area contributed by atoms with E-state index >= 15 is 0 Å². The van der Waals surface area contributed by atoms with E-state index in [1.165, 1.54) is 43.8 Å². The first-order valence-electron chi connectivity index (χ1n) is 18.8. The number of benzene rings is 8. The van der Waals surface area contributed by atoms with E-state index < -0.39 is 0 Å². The third-order valence-electron chi connectivity index (χ3n) is 10.4. The van der Waals surface area contributed by atoms with Gasteiger partial charge in [0.2, 0.25) is 0 Å². The van der Waals surface area contributed by atoms with E-state index in [9.17, 15) is 0 Å². The van der Waals surface area contributed by atoms with Crippen molar-refractivity contribution in [2.24, 2.45) is 0 Å². The topological polar surface area (TPSA) is 51.6 Å². The summed E-state index contributed by atoms with van der Waals surface area (Å²) in [5.74, 6) is 1.89. The molecule has 0 bridgehead atoms. The molecular weight excluding hydrogens is 681 g/mol. The molecule has 0 spiro atoms. The van der Waals surface area contributed by atoms with Crippen LogP contribution in [0.2, 0.25) is 0 Å². The Kier molecular flexibility index (Phi) is 8.47. The second-order valence-electron chi connectivity index (χ2n) is 13.9. The molecule has 8 aromatic carbocycles. The van der Waals surface area contributed by atoms with Crippen molar-refractivity contribution in [3.63, 3.8) is 0 Å². The summed E-state index contributed by atoms with van der Waals surface area (Å²) < 4.78 is 0. The molecule has 0 radical (unpaired) electrons. The third-order valence-corrected chi connectivity index (χ3v) is 10.4. The molecule has 262 valence electrons. The molecule has 10 aromatic rings. The van der Waals surface area contributed by atoms with Gasteiger partial charge in [0.25, 0.3) is 0 Å². The molecule has 56 heavy (non-hydrogen) atoms. The standard InChI is InChI=1S/C52H34N4/c1-3-8-35(9-4-1)37-18-23-42(24-19-37)50-54-51(43-25-20-38(21-26-43)36-10-5-2-6-11-36)56-52(55-50)47-13-7-12-44(33-47)39-14-16-40(17-15-39)45-28-29-48-46(32-45)27-22-41-30-31-53-34-49(41)48/h1-34H. The molecule has 2 heterocycles. The molecule has 0 atom stereocenters. The van der Waals surface area contributed by atoms with Crippen LogP contribution in [0.3, 0.4) is 0 Å². The van der Waals surface area contributed by atoms with E-state index in [4.69, 9.17) is 15.0 Å². The van der Waals surface area contributed by atoms with E-state index in [0.29, 0.717) is 17.5 Å². The number of nitrogens with zero attached hydrogens (tertiary/aromatic N) is 4. The summed E-state index contributed by atoms with van der Waals surface area (Å²) in [7, 11) is 0. The molecule has 0 aliphatic heterocycles. The van der Waals surface area contributed by atoms with Crippen LogP contribution in [-0.2, 0) is 0 Å². The third kappa shape index (κ3) is 6.50. The average Bonchev–Trinajstić information content (AvgIpc) is 3.29. The van der Waals surface area contributed by atoms with Crippen LogP contribution in [0.5, 0.6) is 0 Å². The zero-order chi connectivity index (χ0) is 37.3. The highest BCUT2D eigenvalue weighted by atomic mass is 15.0. The lowest BCUT2D eigenvalue weighted by Gasteiger charge is -2.11. The van der Waals surface area contributed by atoms with Gasteiger partial charge in [0, 0.05) is 34.5 Å². The first-order valence-corrected chi connectivity index (χ1v) is 18.8. The lowest BCUT2D eigenvalue weighted by molar-refractivity contribution is 1.07. The van der Waals surface area contributed by atoms with E-state index in [-0.39, 0.29) is 0 Å². The van der Waals surface area contributed by atoms with E-state index in [1.54, 1.807) is 0 Å². The van der Waals surface area contributed by atoms with Crippen molar-refractivity contribution in [3.05, 3.63) is 207 Å². The summed E-state index contributed by atoms with van der Waals surface area (Å²) in [5.41, 5.74) is 12.0. The van der Waals surface area contributed by atoms with E-state index in [1.807, 2.05) is 24.5 Å². The summed E-state index contributed by atoms with van der Waals surface area (Å²) in [5, 5.41) is 4.79. The van der Waals surface area contributed by atoms with Crippen molar-refractivity contribution >= 4 is 21.5 Å². The second-order valence-corrected chi connectivity index (χ2v) is 13.9. The van der Waals surface area contributed by atoms with Gasteiger partial charge in [0.1, 0.15) is 0 Å². The Labute approximate surface area is 325 Å². The molecule has 0 unspecified atom stereocenters. The highest BCUT2D eigenvalue weighted by molar-refractivity contribution is 6.08. The van der Waals surface area contributed by atoms with Crippen LogP contribution in [0.25, 0.3) is 100 Å². The van der Waals surface area contributed by atoms with Gasteiger partial charge in [-0.05, 0) is 78.9 Å². The summed E-state index contributed by atoms with van der Waals surface area (Å²) in [6.07, 6.45) is 3.79. The molecule has 10 rings (SSSR count). The van der Waals surface area contributed by atoms with Crippen molar-refractivity contribution in [2.75, 3.05) is 0 Å². The smallest absolute Gasteiger partial charge is 0.164 e. The Bertz CT molecular complexity index is 2880. The van der Waals surface area contributed by atoms with Crippen LogP contribution in [0.4, 0.5) is 0 Å². The first kappa shape index (κ1) is 33.0. The van der Waals surface area contributed by atoms with Gasteiger partial charge in [-0.3, -0.25) is 4.98 Å². The van der Waals surface area contributed by atoms with Crippen molar-refractivity contribution in [3.8, 4) is 78.7 Å². The maximum atomic E-state index is 5.07. The average molecular weight is 715 g/mol. The molecule has 0 saturated heterocycles. The number of pyridine rings is 1. The van der Waals surface area contributed by atoms with Gasteiger partial charge in [-0.15, -0.1) is 0 Å². The maximum absolute atomic E-state index is 5.07. The van der Waals surface area contributed by atoms with Crippen LogP contribution < -0.4 is 0 Å². The molecule has 0 aliphatic rings. The molecule has 0 N–H and O–H groups in total. The Morgan fingerprint density at radius 3 is 1.23 bits per heavy atom. The summed E-state index contributed by atoms with van der Waals surface area (Å²) in [6, 6.07) is 68.0. The number of rotatable bonds is 7. The van der Waals surface area contributed by atoms with Crippen molar-refractivity contribution in [2.45, 2.75) is 0 Å². The minimum atomic E-state index is 0.627. The van der Waals surface area contributed by atoms with Crippen LogP contribution in [0, 0.1) is 0 Å². The Morgan fingerprint density at radius 1 is 0.250 bits per heavy atom. The zero-order valence-corrected chi connectivity index (χ0v) is 30.4. The molecule has 4 nitrogen and oxygen atoms in total. The van der Waals surface area contributed by atoms with Crippen LogP contribution in [0.15, 0.2) is 207 Å².